The van der Waals surface area contributed by atoms with Crippen LogP contribution in [0.1, 0.15) is 72.1 Å². The van der Waals surface area contributed by atoms with Gasteiger partial charge in [0, 0.05) is 0 Å². The van der Waals surface area contributed by atoms with Gasteiger partial charge in [-0.15, -0.1) is 6.42 Å². The van der Waals surface area contributed by atoms with E-state index in [1.165, 1.54) is 12.0 Å². The highest BCUT2D eigenvalue weighted by Gasteiger charge is 2.79. The van der Waals surface area contributed by atoms with Gasteiger partial charge in [-0.1, -0.05) is 37.4 Å². The van der Waals surface area contributed by atoms with Gasteiger partial charge in [-0.2, -0.15) is 0 Å². The number of terminal acetylenes is 1. The fraction of sp³-hybridized carbons (Fsp3) is 0.724. The highest BCUT2D eigenvalue weighted by Crippen LogP contribution is 2.73. The van der Waals surface area contributed by atoms with Crippen molar-refractivity contribution < 1.29 is 29.1 Å². The molecular weight excluding hydrogens is 486 g/mol. The lowest BCUT2D eigenvalue weighted by Gasteiger charge is -2.55. The molecule has 3 saturated carbocycles. The first-order valence-electron chi connectivity index (χ1n) is 13.9. The molecule has 1 spiro atoms. The summed E-state index contributed by atoms with van der Waals surface area (Å²) in [6.45, 7) is 5.18. The van der Waals surface area contributed by atoms with Gasteiger partial charge in [0.25, 0.3) is 5.91 Å². The van der Waals surface area contributed by atoms with Crippen molar-refractivity contribution >= 4 is 23.5 Å². The molecule has 3 N–H and O–H groups in total. The smallest absolute Gasteiger partial charge is 0.326 e. The van der Waals surface area contributed by atoms with E-state index in [0.29, 0.717) is 17.8 Å². The molecule has 9 nitrogen and oxygen atoms in total. The Hall–Kier alpha value is -2.86. The van der Waals surface area contributed by atoms with Gasteiger partial charge in [-0.05, 0) is 86.5 Å². The van der Waals surface area contributed by atoms with Crippen molar-refractivity contribution in [2.75, 3.05) is 13.2 Å². The largest absolute Gasteiger partial charge is 0.480 e. The van der Waals surface area contributed by atoms with Gasteiger partial charge in [-0.25, -0.2) is 4.79 Å². The third-order valence-electron chi connectivity index (χ3n) is 10.1. The van der Waals surface area contributed by atoms with Crippen LogP contribution in [0, 0.1) is 41.4 Å². The lowest BCUT2D eigenvalue weighted by molar-refractivity contribution is -0.143. The van der Waals surface area contributed by atoms with Crippen molar-refractivity contribution in [3.05, 3.63) is 11.6 Å². The number of carboxylic acids is 1. The monoisotopic (exact) mass is 525 g/mol. The minimum atomic E-state index is -1.11. The lowest BCUT2D eigenvalue weighted by Crippen LogP contribution is -2.50. The SMILES string of the molecule is C#CC12CCC3C4CCC5=C/C(=N/OCC(=O)NCC(=O)NC(C(=O)O)C(C)C)CC[C@]5(C)C4CC[C@@]31O2. The van der Waals surface area contributed by atoms with E-state index in [-0.39, 0.29) is 35.7 Å². The van der Waals surface area contributed by atoms with E-state index >= 15 is 0 Å². The van der Waals surface area contributed by atoms with Gasteiger partial charge in [-0.3, -0.25) is 9.59 Å². The summed E-state index contributed by atoms with van der Waals surface area (Å²) >= 11 is 0. The Morgan fingerprint density at radius 3 is 2.63 bits per heavy atom. The molecule has 1 saturated heterocycles. The summed E-state index contributed by atoms with van der Waals surface area (Å²) in [6, 6.07) is -1.01. The number of carbonyl (C=O) groups is 3. The van der Waals surface area contributed by atoms with E-state index < -0.39 is 23.8 Å². The van der Waals surface area contributed by atoms with E-state index in [0.717, 1.165) is 50.7 Å². The van der Waals surface area contributed by atoms with Crippen LogP contribution >= 0.6 is 0 Å². The Kier molecular flexibility index (Phi) is 6.83. The van der Waals surface area contributed by atoms with E-state index in [4.69, 9.17) is 21.1 Å². The molecule has 9 heteroatoms. The number of fused-ring (bicyclic) bond motifs is 4. The van der Waals surface area contributed by atoms with Crippen LogP contribution in [0.4, 0.5) is 0 Å². The number of allylic oxidation sites excluding steroid dienone is 2. The number of aliphatic carboxylic acids is 1. The number of amides is 2. The first-order valence-corrected chi connectivity index (χ1v) is 13.9. The maximum atomic E-state index is 12.1. The fourth-order valence-electron chi connectivity index (χ4n) is 8.10. The molecule has 2 amide bonds. The lowest BCUT2D eigenvalue weighted by atomic mass is 9.49. The maximum absolute atomic E-state index is 12.1. The van der Waals surface area contributed by atoms with Crippen molar-refractivity contribution in [3.63, 3.8) is 0 Å². The van der Waals surface area contributed by atoms with Crippen LogP contribution in [-0.2, 0) is 24.0 Å². The molecule has 0 aromatic heterocycles. The van der Waals surface area contributed by atoms with Gasteiger partial charge in [0.05, 0.1) is 12.3 Å². The minimum absolute atomic E-state index is 0.0523. The van der Waals surface area contributed by atoms with Gasteiger partial charge < -0.3 is 25.3 Å². The van der Waals surface area contributed by atoms with Gasteiger partial charge in [0.15, 0.2) is 12.2 Å². The molecule has 5 unspecified atom stereocenters. The number of rotatable bonds is 8. The number of carbonyl (C=O) groups excluding carboxylic acids is 2. The fourth-order valence-corrected chi connectivity index (χ4v) is 8.10. The van der Waals surface area contributed by atoms with Crippen molar-refractivity contribution in [2.24, 2.45) is 34.2 Å². The maximum Gasteiger partial charge on any atom is 0.326 e. The number of nitrogens with one attached hydrogen (secondary N) is 2. The predicted octanol–water partition coefficient (Wildman–Crippen LogP) is 2.80. The third-order valence-corrected chi connectivity index (χ3v) is 10.1. The number of oxime groups is 1. The van der Waals surface area contributed by atoms with Gasteiger partial charge in [0.2, 0.25) is 5.91 Å². The van der Waals surface area contributed by atoms with Crippen molar-refractivity contribution in [2.45, 2.75) is 89.4 Å². The zero-order valence-corrected chi connectivity index (χ0v) is 22.5. The average molecular weight is 526 g/mol. The van der Waals surface area contributed by atoms with Gasteiger partial charge in [0.1, 0.15) is 11.6 Å². The Morgan fingerprint density at radius 2 is 1.95 bits per heavy atom. The molecule has 4 aliphatic carbocycles. The Labute approximate surface area is 224 Å². The molecule has 206 valence electrons. The molecule has 4 fully saturated rings. The quantitative estimate of drug-likeness (QED) is 0.254. The van der Waals surface area contributed by atoms with Crippen LogP contribution in [0.5, 0.6) is 0 Å². The third kappa shape index (κ3) is 4.31. The standard InChI is InChI=1S/C29H39N3O6/c1-5-28-12-9-22-20-7-6-18-14-19(8-11-27(18,4)21(20)10-13-29(22,28)38-28)32-37-16-24(34)30-15-23(33)31-25(17(2)3)26(35)36/h1,14,17,20-22,25H,6-13,15-16H2,2-4H3,(H,30,34)(H,31,33)(H,35,36)/b32-19+/t20?,21?,22?,25?,27-,28?,29+/m0/s1. The molecular formula is C29H39N3O6. The van der Waals surface area contributed by atoms with Crippen LogP contribution in [0.3, 0.4) is 0 Å². The Morgan fingerprint density at radius 1 is 1.18 bits per heavy atom. The molecule has 1 heterocycles. The molecule has 0 aromatic carbocycles. The highest BCUT2D eigenvalue weighted by molar-refractivity contribution is 5.96. The number of hydrogen-bond donors (Lipinski definition) is 3. The topological polar surface area (TPSA) is 130 Å². The van der Waals surface area contributed by atoms with Crippen LogP contribution in [0.15, 0.2) is 16.8 Å². The van der Waals surface area contributed by atoms with Crippen LogP contribution in [0.25, 0.3) is 0 Å². The number of epoxide rings is 1. The van der Waals surface area contributed by atoms with Crippen molar-refractivity contribution in [1.82, 2.24) is 10.6 Å². The summed E-state index contributed by atoms with van der Waals surface area (Å²) in [5, 5.41) is 18.2. The summed E-state index contributed by atoms with van der Waals surface area (Å²) in [4.78, 5) is 40.6. The van der Waals surface area contributed by atoms with Crippen molar-refractivity contribution in [3.8, 4) is 12.3 Å². The molecule has 5 aliphatic rings. The van der Waals surface area contributed by atoms with E-state index in [9.17, 15) is 14.4 Å². The zero-order chi connectivity index (χ0) is 27.3. The van der Waals surface area contributed by atoms with Crippen LogP contribution < -0.4 is 10.6 Å². The first-order chi connectivity index (χ1) is 18.0. The molecule has 0 aromatic rings. The zero-order valence-electron chi connectivity index (χ0n) is 22.5. The molecule has 0 radical (unpaired) electrons. The minimum Gasteiger partial charge on any atom is -0.480 e. The highest BCUT2D eigenvalue weighted by atomic mass is 16.6. The summed E-state index contributed by atoms with van der Waals surface area (Å²) in [5.41, 5.74) is 2.08. The summed E-state index contributed by atoms with van der Waals surface area (Å²) in [6.07, 6.45) is 16.4. The molecule has 5 rings (SSSR count). The van der Waals surface area contributed by atoms with Crippen molar-refractivity contribution in [1.29, 1.82) is 0 Å². The normalized spacial score (nSPS) is 38.4. The second-order valence-corrected chi connectivity index (χ2v) is 12.3. The molecule has 38 heavy (non-hydrogen) atoms. The molecule has 7 atom stereocenters. The average Bonchev–Trinajstić information content (AvgIpc) is 3.40. The Bertz CT molecular complexity index is 1120. The number of hydrogen-bond acceptors (Lipinski definition) is 6. The number of nitrogens with zero attached hydrogens (tertiary/aromatic N) is 1. The second-order valence-electron chi connectivity index (χ2n) is 12.3. The number of carboxylic acid groups (broad SMARTS) is 1. The Balaban J connectivity index is 1.12. The molecule has 1 aliphatic heterocycles. The predicted molar refractivity (Wildman–Crippen MR) is 140 cm³/mol. The van der Waals surface area contributed by atoms with E-state index in [2.05, 4.69) is 34.7 Å². The number of ether oxygens (including phenoxy) is 1. The summed E-state index contributed by atoms with van der Waals surface area (Å²) in [5.74, 6) is 2.42. The van der Waals surface area contributed by atoms with Crippen LogP contribution in [-0.4, -0.2) is 59.0 Å². The summed E-state index contributed by atoms with van der Waals surface area (Å²) < 4.78 is 6.28. The van der Waals surface area contributed by atoms with Gasteiger partial charge >= 0.3 is 5.97 Å². The first kappa shape index (κ1) is 26.7. The summed E-state index contributed by atoms with van der Waals surface area (Å²) in [7, 11) is 0. The van der Waals surface area contributed by atoms with Crippen LogP contribution in [0.2, 0.25) is 0 Å². The van der Waals surface area contributed by atoms with E-state index in [1.807, 2.05) is 0 Å². The second kappa shape index (κ2) is 9.71. The molecule has 0 bridgehead atoms. The van der Waals surface area contributed by atoms with E-state index in [1.54, 1.807) is 13.8 Å².